The number of hydrogen-bond acceptors (Lipinski definition) is 1. The smallest absolute Gasteiger partial charge is 0.00413 e. The van der Waals surface area contributed by atoms with Crippen LogP contribution in [0.15, 0.2) is 0 Å². The molecule has 0 radical (unpaired) electrons. The lowest BCUT2D eigenvalue weighted by atomic mass is 9.80. The van der Waals surface area contributed by atoms with Crippen LogP contribution in [0, 0.1) is 5.92 Å². The summed E-state index contributed by atoms with van der Waals surface area (Å²) < 4.78 is 0. The van der Waals surface area contributed by atoms with Crippen LogP contribution in [0.1, 0.15) is 45.4 Å². The van der Waals surface area contributed by atoms with Gasteiger partial charge in [0.25, 0.3) is 0 Å². The summed E-state index contributed by atoms with van der Waals surface area (Å²) in [6.07, 6.45) is 8.08. The van der Waals surface area contributed by atoms with Gasteiger partial charge in [-0.1, -0.05) is 32.6 Å². The highest BCUT2D eigenvalue weighted by Gasteiger charge is 2.19. The van der Waals surface area contributed by atoms with E-state index in [0.29, 0.717) is 6.04 Å². The van der Waals surface area contributed by atoms with E-state index in [-0.39, 0.29) is 0 Å². The number of rotatable bonds is 4. The fraction of sp³-hybridized carbons (Fsp3) is 1.00. The van der Waals surface area contributed by atoms with Gasteiger partial charge < -0.3 is 5.73 Å². The van der Waals surface area contributed by atoms with Crippen LogP contribution in [0.25, 0.3) is 0 Å². The lowest BCUT2D eigenvalue weighted by molar-refractivity contribution is 0.271. The fourth-order valence-corrected chi connectivity index (χ4v) is 1.65. The molecule has 0 heterocycles. The van der Waals surface area contributed by atoms with Gasteiger partial charge in [-0.25, -0.2) is 0 Å². The Kier molecular flexibility index (Phi) is 3.20. The Bertz CT molecular complexity index is 86.7. The minimum absolute atomic E-state index is 0.496. The van der Waals surface area contributed by atoms with E-state index in [2.05, 4.69) is 6.92 Å². The lowest BCUT2D eigenvalue weighted by Gasteiger charge is -2.27. The molecule has 1 heteroatoms. The molecule has 0 spiro atoms. The van der Waals surface area contributed by atoms with Crippen LogP contribution >= 0.6 is 0 Å². The van der Waals surface area contributed by atoms with Crippen LogP contribution in [0.5, 0.6) is 0 Å². The zero-order valence-electron chi connectivity index (χ0n) is 6.97. The van der Waals surface area contributed by atoms with Gasteiger partial charge in [0.15, 0.2) is 0 Å². The van der Waals surface area contributed by atoms with Crippen molar-refractivity contribution >= 4 is 0 Å². The fourth-order valence-electron chi connectivity index (χ4n) is 1.65. The molecular formula is C9H19N. The molecule has 1 aliphatic rings. The first-order valence-corrected chi connectivity index (χ1v) is 4.58. The predicted molar refractivity (Wildman–Crippen MR) is 44.8 cm³/mol. The molecule has 0 aromatic heterocycles. The van der Waals surface area contributed by atoms with Gasteiger partial charge in [0.1, 0.15) is 0 Å². The highest BCUT2D eigenvalue weighted by atomic mass is 14.6. The third-order valence-corrected chi connectivity index (χ3v) is 2.52. The summed E-state index contributed by atoms with van der Waals surface area (Å²) >= 11 is 0. The normalized spacial score (nSPS) is 22.2. The van der Waals surface area contributed by atoms with Crippen LogP contribution in [-0.4, -0.2) is 6.04 Å². The molecule has 0 amide bonds. The molecule has 0 bridgehead atoms. The first-order valence-electron chi connectivity index (χ1n) is 4.58. The van der Waals surface area contributed by atoms with Crippen molar-refractivity contribution in [3.63, 3.8) is 0 Å². The Hall–Kier alpha value is -0.0400. The Balaban J connectivity index is 1.99. The minimum atomic E-state index is 0.496. The third-order valence-electron chi connectivity index (χ3n) is 2.52. The average molecular weight is 141 g/mol. The van der Waals surface area contributed by atoms with Crippen molar-refractivity contribution in [2.24, 2.45) is 11.7 Å². The van der Waals surface area contributed by atoms with E-state index in [0.717, 1.165) is 5.92 Å². The standard InChI is InChI=1S/C9H19N/c1-2-4-9(10)7-8-5-3-6-8/h8-9H,2-7,10H2,1H3/t9-/m1/s1. The molecule has 1 fully saturated rings. The molecule has 2 N–H and O–H groups in total. The summed E-state index contributed by atoms with van der Waals surface area (Å²) in [5.74, 6) is 0.988. The monoisotopic (exact) mass is 141 g/mol. The summed E-state index contributed by atoms with van der Waals surface area (Å²) in [6.45, 7) is 2.21. The Morgan fingerprint density at radius 1 is 1.50 bits per heavy atom. The van der Waals surface area contributed by atoms with Gasteiger partial charge in [0.2, 0.25) is 0 Å². The minimum Gasteiger partial charge on any atom is -0.328 e. The Labute approximate surface area is 64.0 Å². The first kappa shape index (κ1) is 8.06. The number of nitrogens with two attached hydrogens (primary N) is 1. The summed E-state index contributed by atoms with van der Waals surface area (Å²) in [5.41, 5.74) is 5.89. The van der Waals surface area contributed by atoms with E-state index in [1.54, 1.807) is 0 Å². The quantitative estimate of drug-likeness (QED) is 0.638. The highest BCUT2D eigenvalue weighted by Crippen LogP contribution is 2.30. The maximum atomic E-state index is 5.89. The number of hydrogen-bond donors (Lipinski definition) is 1. The first-order chi connectivity index (χ1) is 4.83. The molecule has 0 aromatic rings. The average Bonchev–Trinajstić information content (AvgIpc) is 1.80. The highest BCUT2D eigenvalue weighted by molar-refractivity contribution is 4.74. The summed E-state index contributed by atoms with van der Waals surface area (Å²) in [4.78, 5) is 0. The molecule has 10 heavy (non-hydrogen) atoms. The molecule has 0 aliphatic heterocycles. The van der Waals surface area contributed by atoms with Gasteiger partial charge in [-0.2, -0.15) is 0 Å². The molecule has 60 valence electrons. The van der Waals surface area contributed by atoms with E-state index < -0.39 is 0 Å². The second-order valence-electron chi connectivity index (χ2n) is 3.58. The largest absolute Gasteiger partial charge is 0.328 e. The molecule has 1 atom stereocenters. The lowest BCUT2D eigenvalue weighted by Crippen LogP contribution is -2.26. The van der Waals surface area contributed by atoms with Gasteiger partial charge in [0, 0.05) is 6.04 Å². The Morgan fingerprint density at radius 3 is 2.60 bits per heavy atom. The SMILES string of the molecule is CCC[C@@H](N)CC1CCC1. The van der Waals surface area contributed by atoms with Gasteiger partial charge in [-0.3, -0.25) is 0 Å². The Morgan fingerprint density at radius 2 is 2.20 bits per heavy atom. The van der Waals surface area contributed by atoms with Gasteiger partial charge >= 0.3 is 0 Å². The van der Waals surface area contributed by atoms with E-state index in [4.69, 9.17) is 5.73 Å². The zero-order valence-corrected chi connectivity index (χ0v) is 6.97. The van der Waals surface area contributed by atoms with Gasteiger partial charge in [-0.15, -0.1) is 0 Å². The second kappa shape index (κ2) is 3.97. The molecule has 0 aromatic carbocycles. The van der Waals surface area contributed by atoms with E-state index in [1.165, 1.54) is 38.5 Å². The van der Waals surface area contributed by atoms with Gasteiger partial charge in [0.05, 0.1) is 0 Å². The predicted octanol–water partition coefficient (Wildman–Crippen LogP) is 2.30. The zero-order chi connectivity index (χ0) is 7.40. The molecule has 1 saturated carbocycles. The van der Waals surface area contributed by atoms with Crippen LogP contribution in [0.4, 0.5) is 0 Å². The molecule has 1 rings (SSSR count). The van der Waals surface area contributed by atoms with Crippen molar-refractivity contribution in [3.05, 3.63) is 0 Å². The molecular weight excluding hydrogens is 122 g/mol. The van der Waals surface area contributed by atoms with Crippen molar-refractivity contribution in [3.8, 4) is 0 Å². The van der Waals surface area contributed by atoms with Crippen molar-refractivity contribution in [1.29, 1.82) is 0 Å². The van der Waals surface area contributed by atoms with Crippen molar-refractivity contribution in [2.45, 2.75) is 51.5 Å². The van der Waals surface area contributed by atoms with E-state index >= 15 is 0 Å². The maximum absolute atomic E-state index is 5.89. The van der Waals surface area contributed by atoms with Crippen molar-refractivity contribution in [2.75, 3.05) is 0 Å². The summed E-state index contributed by atoms with van der Waals surface area (Å²) in [5, 5.41) is 0. The van der Waals surface area contributed by atoms with Gasteiger partial charge in [-0.05, 0) is 18.8 Å². The van der Waals surface area contributed by atoms with Crippen molar-refractivity contribution < 1.29 is 0 Å². The molecule has 1 aliphatic carbocycles. The van der Waals surface area contributed by atoms with Crippen LogP contribution in [0.3, 0.4) is 0 Å². The molecule has 1 nitrogen and oxygen atoms in total. The summed E-state index contributed by atoms with van der Waals surface area (Å²) in [7, 11) is 0. The van der Waals surface area contributed by atoms with E-state index in [1.807, 2.05) is 0 Å². The topological polar surface area (TPSA) is 26.0 Å². The van der Waals surface area contributed by atoms with Crippen LogP contribution in [0.2, 0.25) is 0 Å². The molecule has 0 saturated heterocycles. The van der Waals surface area contributed by atoms with E-state index in [9.17, 15) is 0 Å². The maximum Gasteiger partial charge on any atom is 0.00413 e. The van der Waals surface area contributed by atoms with Crippen LogP contribution < -0.4 is 5.73 Å². The van der Waals surface area contributed by atoms with Crippen LogP contribution in [-0.2, 0) is 0 Å². The summed E-state index contributed by atoms with van der Waals surface area (Å²) in [6, 6.07) is 0.496. The molecule has 0 unspecified atom stereocenters. The van der Waals surface area contributed by atoms with Crippen molar-refractivity contribution in [1.82, 2.24) is 0 Å². The third kappa shape index (κ3) is 2.30. The second-order valence-corrected chi connectivity index (χ2v) is 3.58.